The van der Waals surface area contributed by atoms with Gasteiger partial charge >= 0.3 is 0 Å². The molecule has 9 nitrogen and oxygen atoms in total. The number of nitrogens with one attached hydrogen (secondary N) is 2. The molecule has 0 bridgehead atoms. The summed E-state index contributed by atoms with van der Waals surface area (Å²) >= 11 is 1.13. The van der Waals surface area contributed by atoms with Crippen molar-refractivity contribution < 1.29 is 14.3 Å². The molecule has 0 fully saturated rings. The first-order valence-corrected chi connectivity index (χ1v) is 9.54. The van der Waals surface area contributed by atoms with Crippen LogP contribution in [0.15, 0.2) is 59.8 Å². The summed E-state index contributed by atoms with van der Waals surface area (Å²) in [6.45, 7) is 1.68. The van der Waals surface area contributed by atoms with E-state index in [9.17, 15) is 9.59 Å². The van der Waals surface area contributed by atoms with E-state index in [1.54, 1.807) is 56.5 Å². The summed E-state index contributed by atoms with van der Waals surface area (Å²) in [6, 6.07) is 15.8. The molecule has 3 rings (SSSR count). The molecule has 0 saturated heterocycles. The van der Waals surface area contributed by atoms with E-state index >= 15 is 0 Å². The molecule has 29 heavy (non-hydrogen) atoms. The fraction of sp³-hybridized carbons (Fsp3) is 0.158. The second kappa shape index (κ2) is 9.11. The fourth-order valence-corrected chi connectivity index (χ4v) is 3.16. The maximum atomic E-state index is 12.3. The van der Waals surface area contributed by atoms with Gasteiger partial charge in [0, 0.05) is 11.1 Å². The summed E-state index contributed by atoms with van der Waals surface area (Å²) in [5.41, 5.74) is 5.99. The molecule has 0 radical (unpaired) electrons. The van der Waals surface area contributed by atoms with Crippen molar-refractivity contribution in [2.24, 2.45) is 0 Å². The number of benzene rings is 2. The molecule has 1 aromatic heterocycles. The Labute approximate surface area is 171 Å². The Morgan fingerprint density at radius 1 is 1.07 bits per heavy atom. The van der Waals surface area contributed by atoms with Gasteiger partial charge in [-0.25, -0.2) is 4.68 Å². The van der Waals surface area contributed by atoms with Crippen LogP contribution in [0.3, 0.4) is 0 Å². The molecular formula is C19H20N6O3S. The van der Waals surface area contributed by atoms with Crippen LogP contribution in [-0.4, -0.2) is 39.0 Å². The van der Waals surface area contributed by atoms with E-state index in [1.807, 2.05) is 12.1 Å². The second-order valence-electron chi connectivity index (χ2n) is 5.97. The smallest absolute Gasteiger partial charge is 0.269 e. The highest BCUT2D eigenvalue weighted by molar-refractivity contribution is 8.00. The summed E-state index contributed by atoms with van der Waals surface area (Å²) in [6.07, 6.45) is 0. The first-order valence-electron chi connectivity index (χ1n) is 8.66. The van der Waals surface area contributed by atoms with Gasteiger partial charge in [0.05, 0.1) is 12.4 Å². The first-order chi connectivity index (χ1) is 14.0. The summed E-state index contributed by atoms with van der Waals surface area (Å²) in [4.78, 5) is 24.3. The summed E-state index contributed by atoms with van der Waals surface area (Å²) in [5.74, 6) is 6.47. The number of nitrogens with two attached hydrogens (primary N) is 1. The Morgan fingerprint density at radius 2 is 1.76 bits per heavy atom. The van der Waals surface area contributed by atoms with Crippen molar-refractivity contribution in [2.75, 3.05) is 13.0 Å². The van der Waals surface area contributed by atoms with E-state index in [2.05, 4.69) is 21.0 Å². The normalized spacial score (nSPS) is 11.5. The molecule has 1 heterocycles. The molecule has 0 saturated carbocycles. The average molecular weight is 412 g/mol. The van der Waals surface area contributed by atoms with Gasteiger partial charge in [-0.15, -0.1) is 10.2 Å². The van der Waals surface area contributed by atoms with E-state index < -0.39 is 17.1 Å². The predicted molar refractivity (Wildman–Crippen MR) is 110 cm³/mol. The Bertz CT molecular complexity index is 991. The van der Waals surface area contributed by atoms with Crippen LogP contribution in [0, 0.1) is 0 Å². The molecule has 2 aromatic carbocycles. The lowest BCUT2D eigenvalue weighted by Crippen LogP contribution is -2.45. The number of aromatic nitrogens is 3. The highest BCUT2D eigenvalue weighted by Gasteiger charge is 2.20. The number of rotatable bonds is 6. The zero-order valence-electron chi connectivity index (χ0n) is 15.8. The van der Waals surface area contributed by atoms with Crippen molar-refractivity contribution in [2.45, 2.75) is 17.3 Å². The Hall–Kier alpha value is -3.53. The van der Waals surface area contributed by atoms with Crippen molar-refractivity contribution >= 4 is 23.6 Å². The highest BCUT2D eigenvalue weighted by Crippen LogP contribution is 2.25. The zero-order chi connectivity index (χ0) is 20.8. The van der Waals surface area contributed by atoms with Crippen molar-refractivity contribution in [3.05, 3.63) is 60.2 Å². The average Bonchev–Trinajstić information content (AvgIpc) is 3.12. The number of methoxy groups -OCH3 is 1. The topological polar surface area (TPSA) is 124 Å². The molecule has 2 amide bonds. The van der Waals surface area contributed by atoms with E-state index in [-0.39, 0.29) is 0 Å². The molecule has 0 spiro atoms. The molecule has 3 aromatic rings. The van der Waals surface area contributed by atoms with Crippen LogP contribution >= 0.6 is 11.8 Å². The molecule has 150 valence electrons. The molecule has 0 aliphatic heterocycles. The Morgan fingerprint density at radius 3 is 2.41 bits per heavy atom. The largest absolute Gasteiger partial charge is 0.497 e. The number of hydrogen-bond acceptors (Lipinski definition) is 7. The van der Waals surface area contributed by atoms with Crippen molar-refractivity contribution in [1.29, 1.82) is 0 Å². The van der Waals surface area contributed by atoms with Gasteiger partial charge in [-0.1, -0.05) is 30.0 Å². The third kappa shape index (κ3) is 4.85. The van der Waals surface area contributed by atoms with Crippen LogP contribution in [-0.2, 0) is 4.79 Å². The van der Waals surface area contributed by atoms with Crippen LogP contribution < -0.4 is 21.4 Å². The van der Waals surface area contributed by atoms with Gasteiger partial charge in [0.15, 0.2) is 5.82 Å². The maximum Gasteiger partial charge on any atom is 0.269 e. The summed E-state index contributed by atoms with van der Waals surface area (Å²) < 4.78 is 6.45. The van der Waals surface area contributed by atoms with Gasteiger partial charge in [0.1, 0.15) is 5.75 Å². The van der Waals surface area contributed by atoms with Crippen molar-refractivity contribution in [3.63, 3.8) is 0 Å². The maximum absolute atomic E-state index is 12.3. The van der Waals surface area contributed by atoms with Crippen molar-refractivity contribution in [1.82, 2.24) is 25.7 Å². The Balaban J connectivity index is 1.60. The minimum absolute atomic E-state index is 0.368. The van der Waals surface area contributed by atoms with Crippen LogP contribution in [0.25, 0.3) is 11.4 Å². The van der Waals surface area contributed by atoms with Gasteiger partial charge in [0.25, 0.3) is 11.8 Å². The molecule has 1 atom stereocenters. The molecule has 0 aliphatic rings. The summed E-state index contributed by atoms with van der Waals surface area (Å²) in [5, 5.41) is 7.94. The van der Waals surface area contributed by atoms with Gasteiger partial charge in [-0.05, 0) is 43.3 Å². The van der Waals surface area contributed by atoms with Gasteiger partial charge in [-0.3, -0.25) is 20.4 Å². The number of hydrazine groups is 1. The van der Waals surface area contributed by atoms with Gasteiger partial charge in [0.2, 0.25) is 5.16 Å². The molecule has 10 heteroatoms. The van der Waals surface area contributed by atoms with E-state index in [0.717, 1.165) is 17.3 Å². The number of carbonyl (C=O) groups is 2. The summed E-state index contributed by atoms with van der Waals surface area (Å²) in [7, 11) is 1.59. The zero-order valence-corrected chi connectivity index (χ0v) is 16.6. The lowest BCUT2D eigenvalue weighted by Gasteiger charge is -2.12. The number of nitrogen functional groups attached to an aromatic ring is 1. The van der Waals surface area contributed by atoms with Crippen LogP contribution in [0.5, 0.6) is 5.75 Å². The molecule has 0 unspecified atom stereocenters. The second-order valence-corrected chi connectivity index (χ2v) is 7.28. The van der Waals surface area contributed by atoms with Crippen LogP contribution in [0.4, 0.5) is 0 Å². The van der Waals surface area contributed by atoms with Crippen LogP contribution in [0.1, 0.15) is 17.3 Å². The lowest BCUT2D eigenvalue weighted by atomic mass is 10.2. The number of amides is 2. The fourth-order valence-electron chi connectivity index (χ4n) is 2.39. The monoisotopic (exact) mass is 412 g/mol. The van der Waals surface area contributed by atoms with E-state index in [1.165, 1.54) is 4.68 Å². The number of carbonyl (C=O) groups excluding carboxylic acids is 2. The minimum Gasteiger partial charge on any atom is -0.497 e. The van der Waals surface area contributed by atoms with E-state index in [4.69, 9.17) is 10.6 Å². The lowest BCUT2D eigenvalue weighted by molar-refractivity contribution is -0.121. The predicted octanol–water partition coefficient (Wildman–Crippen LogP) is 1.61. The highest BCUT2D eigenvalue weighted by atomic mass is 32.2. The van der Waals surface area contributed by atoms with Gasteiger partial charge < -0.3 is 10.6 Å². The van der Waals surface area contributed by atoms with Gasteiger partial charge in [-0.2, -0.15) is 0 Å². The number of nitrogens with zero attached hydrogens (tertiary/aromatic N) is 3. The third-order valence-corrected chi connectivity index (χ3v) is 5.06. The standard InChI is InChI=1S/C19H20N6O3S/c1-12(17(26)22-23-18(27)14-6-4-3-5-7-14)29-19-24-21-16(25(19)20)13-8-10-15(28-2)11-9-13/h3-12H,20H2,1-2H3,(H,22,26)(H,23,27)/t12-/m1/s1. The third-order valence-electron chi connectivity index (χ3n) is 4.00. The number of hydrogen-bond donors (Lipinski definition) is 3. The minimum atomic E-state index is -0.568. The van der Waals surface area contributed by atoms with E-state index in [0.29, 0.717) is 22.3 Å². The molecule has 0 aliphatic carbocycles. The van der Waals surface area contributed by atoms with Crippen molar-refractivity contribution in [3.8, 4) is 17.1 Å². The number of ether oxygens (including phenoxy) is 1. The molecule has 4 N–H and O–H groups in total. The quantitative estimate of drug-likeness (QED) is 0.319. The number of thioether (sulfide) groups is 1. The first kappa shape index (κ1) is 20.2. The SMILES string of the molecule is COc1ccc(-c2nnc(S[C@H](C)C(=O)NNC(=O)c3ccccc3)n2N)cc1. The Kier molecular flexibility index (Phi) is 6.35. The molecular weight excluding hydrogens is 392 g/mol. The van der Waals surface area contributed by atoms with Crippen LogP contribution in [0.2, 0.25) is 0 Å².